The fraction of sp³-hybridized carbons (Fsp3) is 0.818. The van der Waals surface area contributed by atoms with Crippen LogP contribution in [0.5, 0.6) is 0 Å². The van der Waals surface area contributed by atoms with Crippen LogP contribution in [0.2, 0.25) is 0 Å². The van der Waals surface area contributed by atoms with Gasteiger partial charge in [-0.25, -0.2) is 4.79 Å². The molecule has 1 heterocycles. The van der Waals surface area contributed by atoms with Gasteiger partial charge >= 0.3 is 5.97 Å². The van der Waals surface area contributed by atoms with Gasteiger partial charge in [0.15, 0.2) is 5.66 Å². The minimum atomic E-state index is -1.41. The van der Waals surface area contributed by atoms with Gasteiger partial charge in [0.05, 0.1) is 12.1 Å². The highest BCUT2D eigenvalue weighted by molar-refractivity contribution is 5.78. The lowest BCUT2D eigenvalue weighted by molar-refractivity contribution is -0.155. The Morgan fingerprint density at radius 3 is 2.88 bits per heavy atom. The van der Waals surface area contributed by atoms with Crippen molar-refractivity contribution >= 4 is 5.97 Å². The van der Waals surface area contributed by atoms with Gasteiger partial charge in [0.25, 0.3) is 0 Å². The fourth-order valence-corrected chi connectivity index (χ4v) is 2.27. The van der Waals surface area contributed by atoms with Crippen LogP contribution in [0, 0.1) is 17.2 Å². The number of nitriles is 1. The van der Waals surface area contributed by atoms with E-state index in [9.17, 15) is 9.90 Å². The van der Waals surface area contributed by atoms with E-state index in [2.05, 4.69) is 6.07 Å². The summed E-state index contributed by atoms with van der Waals surface area (Å²) in [6.45, 7) is 4.32. The van der Waals surface area contributed by atoms with Crippen LogP contribution in [-0.4, -0.2) is 34.2 Å². The topological polar surface area (TPSA) is 90.3 Å². The van der Waals surface area contributed by atoms with E-state index in [1.54, 1.807) is 4.90 Å². The Balaban J connectivity index is 3.02. The number of carboxylic acid groups (broad SMARTS) is 1. The van der Waals surface area contributed by atoms with Crippen LogP contribution in [0.3, 0.4) is 0 Å². The molecule has 0 aromatic carbocycles. The molecule has 0 amide bonds. The third kappa shape index (κ3) is 1.91. The molecule has 0 aromatic rings. The molecule has 1 fully saturated rings. The summed E-state index contributed by atoms with van der Waals surface area (Å²) < 4.78 is 0. The van der Waals surface area contributed by atoms with Gasteiger partial charge in [-0.05, 0) is 25.2 Å². The Morgan fingerprint density at radius 2 is 2.44 bits per heavy atom. The molecule has 0 bridgehead atoms. The van der Waals surface area contributed by atoms with Gasteiger partial charge < -0.3 is 10.8 Å². The van der Waals surface area contributed by atoms with Crippen molar-refractivity contribution in [2.24, 2.45) is 11.7 Å². The SMILES string of the molecule is CC[C@H](C)C(N)(C(=O)O)N1CCCC1C#N. The molecule has 0 spiro atoms. The van der Waals surface area contributed by atoms with Gasteiger partial charge in [-0.15, -0.1) is 0 Å². The number of likely N-dealkylation sites (tertiary alicyclic amines) is 1. The van der Waals surface area contributed by atoms with E-state index in [-0.39, 0.29) is 12.0 Å². The lowest BCUT2D eigenvalue weighted by Gasteiger charge is -2.40. The first-order valence-corrected chi connectivity index (χ1v) is 5.67. The molecule has 5 heteroatoms. The van der Waals surface area contributed by atoms with Crippen LogP contribution in [0.15, 0.2) is 0 Å². The van der Waals surface area contributed by atoms with Crippen molar-refractivity contribution < 1.29 is 9.90 Å². The molecular weight excluding hydrogens is 206 g/mol. The Morgan fingerprint density at radius 1 is 1.81 bits per heavy atom. The van der Waals surface area contributed by atoms with Crippen molar-refractivity contribution in [2.45, 2.75) is 44.8 Å². The Bertz CT molecular complexity index is 313. The fourth-order valence-electron chi connectivity index (χ4n) is 2.27. The average molecular weight is 225 g/mol. The molecular formula is C11H19N3O2. The number of hydrogen-bond acceptors (Lipinski definition) is 4. The number of hydrogen-bond donors (Lipinski definition) is 2. The highest BCUT2D eigenvalue weighted by Gasteiger charge is 2.49. The Kier molecular flexibility index (Phi) is 3.89. The van der Waals surface area contributed by atoms with Gasteiger partial charge in [0, 0.05) is 6.54 Å². The second-order valence-electron chi connectivity index (χ2n) is 4.42. The summed E-state index contributed by atoms with van der Waals surface area (Å²) in [4.78, 5) is 13.0. The maximum Gasteiger partial charge on any atom is 0.339 e. The van der Waals surface area contributed by atoms with Crippen molar-refractivity contribution in [3.8, 4) is 6.07 Å². The number of nitrogens with two attached hydrogens (primary N) is 1. The zero-order valence-electron chi connectivity index (χ0n) is 9.81. The summed E-state index contributed by atoms with van der Waals surface area (Å²) in [6, 6.07) is 1.77. The number of rotatable bonds is 4. The molecule has 5 nitrogen and oxygen atoms in total. The van der Waals surface area contributed by atoms with Crippen molar-refractivity contribution in [3.63, 3.8) is 0 Å². The molecule has 0 aromatic heterocycles. The van der Waals surface area contributed by atoms with E-state index in [1.807, 2.05) is 13.8 Å². The van der Waals surface area contributed by atoms with Gasteiger partial charge in [-0.2, -0.15) is 5.26 Å². The molecule has 3 atom stereocenters. The Labute approximate surface area is 95.8 Å². The lowest BCUT2D eigenvalue weighted by atomic mass is 9.90. The molecule has 3 N–H and O–H groups in total. The first-order chi connectivity index (χ1) is 7.48. The summed E-state index contributed by atoms with van der Waals surface area (Å²) in [7, 11) is 0. The maximum absolute atomic E-state index is 11.4. The molecule has 0 aliphatic carbocycles. The summed E-state index contributed by atoms with van der Waals surface area (Å²) in [5.74, 6) is -1.22. The van der Waals surface area contributed by atoms with Crippen LogP contribution in [-0.2, 0) is 4.79 Å². The molecule has 0 radical (unpaired) electrons. The van der Waals surface area contributed by atoms with E-state index < -0.39 is 11.6 Å². The highest BCUT2D eigenvalue weighted by atomic mass is 16.4. The maximum atomic E-state index is 11.4. The normalized spacial score (nSPS) is 27.0. The summed E-state index contributed by atoms with van der Waals surface area (Å²) in [5, 5.41) is 18.3. The van der Waals surface area contributed by atoms with Crippen LogP contribution >= 0.6 is 0 Å². The minimum Gasteiger partial charge on any atom is -0.479 e. The number of aliphatic carboxylic acids is 1. The lowest BCUT2D eigenvalue weighted by Crippen LogP contribution is -2.66. The molecule has 1 aliphatic rings. The van der Waals surface area contributed by atoms with E-state index in [4.69, 9.17) is 11.0 Å². The predicted octanol–water partition coefficient (Wildman–Crippen LogP) is 0.760. The second kappa shape index (κ2) is 4.81. The van der Waals surface area contributed by atoms with E-state index in [1.165, 1.54) is 0 Å². The van der Waals surface area contributed by atoms with E-state index in [0.29, 0.717) is 19.4 Å². The summed E-state index contributed by atoms with van der Waals surface area (Å²) >= 11 is 0. The van der Waals surface area contributed by atoms with E-state index >= 15 is 0 Å². The van der Waals surface area contributed by atoms with Crippen LogP contribution in [0.4, 0.5) is 0 Å². The second-order valence-corrected chi connectivity index (χ2v) is 4.42. The minimum absolute atomic E-state index is 0.182. The number of carbonyl (C=O) groups is 1. The van der Waals surface area contributed by atoms with Gasteiger partial charge in [0.1, 0.15) is 0 Å². The molecule has 1 aliphatic heterocycles. The third-order valence-electron chi connectivity index (χ3n) is 3.58. The molecule has 90 valence electrons. The van der Waals surface area contributed by atoms with Crippen LogP contribution in [0.25, 0.3) is 0 Å². The van der Waals surface area contributed by atoms with Gasteiger partial charge in [-0.3, -0.25) is 4.90 Å². The molecule has 0 saturated carbocycles. The van der Waals surface area contributed by atoms with Crippen LogP contribution in [0.1, 0.15) is 33.1 Å². The quantitative estimate of drug-likeness (QED) is 0.737. The largest absolute Gasteiger partial charge is 0.479 e. The molecule has 16 heavy (non-hydrogen) atoms. The smallest absolute Gasteiger partial charge is 0.339 e. The predicted molar refractivity (Wildman–Crippen MR) is 59.4 cm³/mol. The third-order valence-corrected chi connectivity index (χ3v) is 3.58. The zero-order valence-corrected chi connectivity index (χ0v) is 9.81. The van der Waals surface area contributed by atoms with Crippen molar-refractivity contribution in [1.29, 1.82) is 5.26 Å². The first kappa shape index (κ1) is 12.9. The first-order valence-electron chi connectivity index (χ1n) is 5.67. The monoisotopic (exact) mass is 225 g/mol. The summed E-state index contributed by atoms with van der Waals surface area (Å²) in [6.07, 6.45) is 2.22. The van der Waals surface area contributed by atoms with Crippen LogP contribution < -0.4 is 5.73 Å². The molecule has 2 unspecified atom stereocenters. The zero-order chi connectivity index (χ0) is 12.3. The van der Waals surface area contributed by atoms with Crippen molar-refractivity contribution in [3.05, 3.63) is 0 Å². The number of nitrogens with zero attached hydrogens (tertiary/aromatic N) is 2. The van der Waals surface area contributed by atoms with Crippen molar-refractivity contribution in [2.75, 3.05) is 6.54 Å². The molecule has 1 rings (SSSR count). The standard InChI is InChI=1S/C11H19N3O2/c1-3-8(2)11(13,10(15)16)14-6-4-5-9(14)7-12/h8-9H,3-6,13H2,1-2H3,(H,15,16)/t8-,9?,11?/m0/s1. The highest BCUT2D eigenvalue weighted by Crippen LogP contribution is 2.30. The van der Waals surface area contributed by atoms with Gasteiger partial charge in [0.2, 0.25) is 0 Å². The van der Waals surface area contributed by atoms with Crippen molar-refractivity contribution in [1.82, 2.24) is 4.90 Å². The number of carboxylic acids is 1. The molecule has 1 saturated heterocycles. The average Bonchev–Trinajstić information content (AvgIpc) is 2.74. The van der Waals surface area contributed by atoms with E-state index in [0.717, 1.165) is 6.42 Å². The van der Waals surface area contributed by atoms with Gasteiger partial charge in [-0.1, -0.05) is 13.8 Å². The Hall–Kier alpha value is -1.12. The summed E-state index contributed by atoms with van der Waals surface area (Å²) in [5.41, 5.74) is 4.63.